The monoisotopic (exact) mass is 256 g/mol. The summed E-state index contributed by atoms with van der Waals surface area (Å²) in [6.07, 6.45) is -0.865. The second kappa shape index (κ2) is 6.00. The lowest BCUT2D eigenvalue weighted by molar-refractivity contribution is -0.124. The van der Waals surface area contributed by atoms with E-state index >= 15 is 0 Å². The number of nitrogens with two attached hydrogens (primary N) is 1. The molecule has 1 aromatic carbocycles. The molecule has 0 aliphatic heterocycles. The van der Waals surface area contributed by atoms with Crippen molar-refractivity contribution in [2.75, 3.05) is 0 Å². The number of carbonyl (C=O) groups excluding carboxylic acids is 1. The van der Waals surface area contributed by atoms with Crippen LogP contribution in [-0.2, 0) is 11.3 Å². The zero-order valence-electron chi connectivity index (χ0n) is 9.90. The number of hydrogen-bond donors (Lipinski definition) is 3. The van der Waals surface area contributed by atoms with Gasteiger partial charge in [-0.3, -0.25) is 4.79 Å². The van der Waals surface area contributed by atoms with Crippen molar-refractivity contribution in [2.45, 2.75) is 32.5 Å². The topological polar surface area (TPSA) is 75.4 Å². The number of amides is 1. The van der Waals surface area contributed by atoms with Crippen molar-refractivity contribution < 1.29 is 9.90 Å². The third kappa shape index (κ3) is 3.70. The second-order valence-corrected chi connectivity index (χ2v) is 4.42. The molecule has 0 unspecified atom stereocenters. The molecular weight excluding hydrogens is 240 g/mol. The summed E-state index contributed by atoms with van der Waals surface area (Å²) in [4.78, 5) is 11.5. The van der Waals surface area contributed by atoms with Gasteiger partial charge < -0.3 is 16.2 Å². The number of hydrogen-bond acceptors (Lipinski definition) is 3. The van der Waals surface area contributed by atoms with Crippen molar-refractivity contribution in [3.05, 3.63) is 34.3 Å². The van der Waals surface area contributed by atoms with Gasteiger partial charge in [-0.25, -0.2) is 0 Å². The van der Waals surface area contributed by atoms with Crippen LogP contribution in [0.2, 0.25) is 5.02 Å². The molecule has 17 heavy (non-hydrogen) atoms. The van der Waals surface area contributed by atoms with E-state index in [9.17, 15) is 9.90 Å². The molecule has 0 fully saturated rings. The zero-order chi connectivity index (χ0) is 13.0. The Kier molecular flexibility index (Phi) is 4.93. The Morgan fingerprint density at radius 3 is 2.82 bits per heavy atom. The van der Waals surface area contributed by atoms with Crippen molar-refractivity contribution in [2.24, 2.45) is 5.73 Å². The van der Waals surface area contributed by atoms with E-state index in [0.29, 0.717) is 11.6 Å². The Morgan fingerprint density at radius 2 is 2.24 bits per heavy atom. The minimum Gasteiger partial charge on any atom is -0.391 e. The summed E-state index contributed by atoms with van der Waals surface area (Å²) in [5.74, 6) is -0.376. The fourth-order valence-electron chi connectivity index (χ4n) is 1.36. The van der Waals surface area contributed by atoms with Crippen LogP contribution in [0, 0.1) is 6.92 Å². The highest BCUT2D eigenvalue weighted by Gasteiger charge is 2.18. The average Bonchev–Trinajstić information content (AvgIpc) is 2.29. The third-order valence-corrected chi connectivity index (χ3v) is 3.06. The molecule has 5 heteroatoms. The van der Waals surface area contributed by atoms with E-state index in [1.165, 1.54) is 6.92 Å². The minimum atomic E-state index is -0.908. The van der Waals surface area contributed by atoms with Crippen molar-refractivity contribution in [3.63, 3.8) is 0 Å². The lowest BCUT2D eigenvalue weighted by Gasteiger charge is -2.15. The smallest absolute Gasteiger partial charge is 0.239 e. The van der Waals surface area contributed by atoms with Gasteiger partial charge in [0, 0.05) is 11.6 Å². The average molecular weight is 257 g/mol. The van der Waals surface area contributed by atoms with Crippen LogP contribution < -0.4 is 11.1 Å². The SMILES string of the molecule is Cc1c(Cl)cccc1CNC(=O)[C@@H](N)[C@@H](C)O. The number of aliphatic hydroxyl groups is 1. The number of halogens is 1. The molecular formula is C12H17ClN2O2. The maximum absolute atomic E-state index is 11.5. The lowest BCUT2D eigenvalue weighted by atomic mass is 10.1. The fraction of sp³-hybridized carbons (Fsp3) is 0.417. The van der Waals surface area contributed by atoms with Crippen LogP contribution in [0.3, 0.4) is 0 Å². The fourth-order valence-corrected chi connectivity index (χ4v) is 1.56. The molecule has 0 bridgehead atoms. The summed E-state index contributed by atoms with van der Waals surface area (Å²) in [5, 5.41) is 12.5. The van der Waals surface area contributed by atoms with Gasteiger partial charge >= 0.3 is 0 Å². The summed E-state index contributed by atoms with van der Waals surface area (Å²) in [5.41, 5.74) is 7.37. The van der Waals surface area contributed by atoms with Crippen molar-refractivity contribution in [3.8, 4) is 0 Å². The van der Waals surface area contributed by atoms with E-state index in [1.807, 2.05) is 19.1 Å². The molecule has 0 aliphatic carbocycles. The summed E-state index contributed by atoms with van der Waals surface area (Å²) < 4.78 is 0. The van der Waals surface area contributed by atoms with Gasteiger partial charge in [0.25, 0.3) is 0 Å². The van der Waals surface area contributed by atoms with Crippen LogP contribution in [0.5, 0.6) is 0 Å². The van der Waals surface area contributed by atoms with Crippen molar-refractivity contribution >= 4 is 17.5 Å². The molecule has 0 radical (unpaired) electrons. The molecule has 94 valence electrons. The number of aliphatic hydroxyl groups excluding tert-OH is 1. The van der Waals surface area contributed by atoms with Gasteiger partial charge in [0.1, 0.15) is 6.04 Å². The summed E-state index contributed by atoms with van der Waals surface area (Å²) in [6, 6.07) is 4.60. The first kappa shape index (κ1) is 14.0. The Balaban J connectivity index is 2.62. The number of nitrogens with one attached hydrogen (secondary N) is 1. The lowest BCUT2D eigenvalue weighted by Crippen LogP contribution is -2.46. The highest BCUT2D eigenvalue weighted by atomic mass is 35.5. The number of benzene rings is 1. The zero-order valence-corrected chi connectivity index (χ0v) is 10.7. The van der Waals surface area contributed by atoms with Crippen LogP contribution in [0.1, 0.15) is 18.1 Å². The van der Waals surface area contributed by atoms with Gasteiger partial charge in [-0.15, -0.1) is 0 Å². The first-order valence-electron chi connectivity index (χ1n) is 5.39. The van der Waals surface area contributed by atoms with Gasteiger partial charge in [0.2, 0.25) is 5.91 Å². The first-order chi connectivity index (χ1) is 7.93. The van der Waals surface area contributed by atoms with E-state index in [2.05, 4.69) is 5.32 Å². The first-order valence-corrected chi connectivity index (χ1v) is 5.76. The quantitative estimate of drug-likeness (QED) is 0.752. The molecule has 0 aliphatic rings. The van der Waals surface area contributed by atoms with Gasteiger partial charge in [0.15, 0.2) is 0 Å². The summed E-state index contributed by atoms with van der Waals surface area (Å²) >= 11 is 5.96. The molecule has 4 nitrogen and oxygen atoms in total. The molecule has 4 N–H and O–H groups in total. The largest absolute Gasteiger partial charge is 0.391 e. The molecule has 0 heterocycles. The van der Waals surface area contributed by atoms with Crippen molar-refractivity contribution in [1.29, 1.82) is 0 Å². The van der Waals surface area contributed by atoms with E-state index in [1.54, 1.807) is 6.07 Å². The Morgan fingerprint density at radius 1 is 1.59 bits per heavy atom. The highest BCUT2D eigenvalue weighted by molar-refractivity contribution is 6.31. The van der Waals surface area contributed by atoms with Crippen LogP contribution in [0.25, 0.3) is 0 Å². The highest BCUT2D eigenvalue weighted by Crippen LogP contribution is 2.18. The van der Waals surface area contributed by atoms with E-state index in [-0.39, 0.29) is 5.91 Å². The Hall–Kier alpha value is -1.10. The van der Waals surface area contributed by atoms with Crippen molar-refractivity contribution in [1.82, 2.24) is 5.32 Å². The van der Waals surface area contributed by atoms with Crippen LogP contribution in [0.15, 0.2) is 18.2 Å². The Labute approximate surface area is 106 Å². The Bertz CT molecular complexity index is 407. The molecule has 0 saturated carbocycles. The van der Waals surface area contributed by atoms with Gasteiger partial charge in [-0.2, -0.15) is 0 Å². The molecule has 0 aromatic heterocycles. The maximum Gasteiger partial charge on any atom is 0.239 e. The molecule has 1 amide bonds. The van der Waals surface area contributed by atoms with E-state index < -0.39 is 12.1 Å². The molecule has 0 spiro atoms. The van der Waals surface area contributed by atoms with E-state index in [4.69, 9.17) is 17.3 Å². The minimum absolute atomic E-state index is 0.353. The molecule has 2 atom stereocenters. The standard InChI is InChI=1S/C12H17ClN2O2/c1-7-9(4-3-5-10(7)13)6-15-12(17)11(14)8(2)16/h3-5,8,11,16H,6,14H2,1-2H3,(H,15,17)/t8-,11+/m1/s1. The van der Waals surface area contributed by atoms with Gasteiger partial charge in [0.05, 0.1) is 6.10 Å². The third-order valence-electron chi connectivity index (χ3n) is 2.66. The van der Waals surface area contributed by atoms with Crippen LogP contribution >= 0.6 is 11.6 Å². The second-order valence-electron chi connectivity index (χ2n) is 4.01. The van der Waals surface area contributed by atoms with Crippen LogP contribution in [-0.4, -0.2) is 23.2 Å². The maximum atomic E-state index is 11.5. The summed E-state index contributed by atoms with van der Waals surface area (Å²) in [6.45, 7) is 3.72. The molecule has 0 saturated heterocycles. The molecule has 1 aromatic rings. The van der Waals surface area contributed by atoms with Gasteiger partial charge in [-0.1, -0.05) is 23.7 Å². The normalized spacial score (nSPS) is 14.2. The predicted molar refractivity (Wildman–Crippen MR) is 67.7 cm³/mol. The summed E-state index contributed by atoms with van der Waals surface area (Å²) in [7, 11) is 0. The molecule has 1 rings (SSSR count). The number of rotatable bonds is 4. The number of carbonyl (C=O) groups is 1. The van der Waals surface area contributed by atoms with Crippen LogP contribution in [0.4, 0.5) is 0 Å². The van der Waals surface area contributed by atoms with E-state index in [0.717, 1.165) is 11.1 Å². The predicted octanol–water partition coefficient (Wildman–Crippen LogP) is 0.973. The van der Waals surface area contributed by atoms with Gasteiger partial charge in [-0.05, 0) is 31.0 Å².